The first-order valence-corrected chi connectivity index (χ1v) is 11.9. The van der Waals surface area contributed by atoms with Crippen LogP contribution in [-0.2, 0) is 38.7 Å². The molecule has 15 nitrogen and oxygen atoms in total. The van der Waals surface area contributed by atoms with Crippen LogP contribution in [-0.4, -0.2) is 107 Å². The van der Waals surface area contributed by atoms with Crippen LogP contribution in [0.25, 0.3) is 0 Å². The molecule has 0 radical (unpaired) electrons. The lowest BCUT2D eigenvalue weighted by atomic mass is 9.78. The zero-order valence-corrected chi connectivity index (χ0v) is 19.0. The topological polar surface area (TPSA) is 240 Å². The van der Waals surface area contributed by atoms with Crippen LogP contribution < -0.4 is 11.5 Å². The molecule has 34 heavy (non-hydrogen) atoms. The minimum absolute atomic E-state index is 0.00660. The highest BCUT2D eigenvalue weighted by Crippen LogP contribution is 2.36. The summed E-state index contributed by atoms with van der Waals surface area (Å²) in [5.41, 5.74) is 7.74. The maximum atomic E-state index is 12.8. The number of nitrogens with two attached hydrogens (primary N) is 2. The fourth-order valence-corrected chi connectivity index (χ4v) is 6.29. The van der Waals surface area contributed by atoms with Crippen molar-refractivity contribution in [3.63, 3.8) is 0 Å². The number of rotatable bonds is 11. The molecule has 3 aliphatic heterocycles. The average Bonchev–Trinajstić information content (AvgIpc) is 3.17. The van der Waals surface area contributed by atoms with E-state index in [0.29, 0.717) is 0 Å². The highest BCUT2D eigenvalue weighted by Gasteiger charge is 2.56. The Labute approximate surface area is 195 Å². The van der Waals surface area contributed by atoms with Gasteiger partial charge in [-0.05, 0) is 12.7 Å². The second-order valence-corrected chi connectivity index (χ2v) is 10.9. The highest BCUT2D eigenvalue weighted by atomic mass is 32.2. The van der Waals surface area contributed by atoms with Crippen molar-refractivity contribution in [3.05, 3.63) is 0 Å². The monoisotopic (exact) mass is 506 g/mol. The van der Waals surface area contributed by atoms with E-state index in [-0.39, 0.29) is 44.8 Å². The first kappa shape index (κ1) is 26.3. The van der Waals surface area contributed by atoms with E-state index in [1.54, 1.807) is 0 Å². The lowest BCUT2D eigenvalue weighted by Gasteiger charge is -2.38. The van der Waals surface area contributed by atoms with Crippen molar-refractivity contribution in [1.29, 1.82) is 0 Å². The van der Waals surface area contributed by atoms with Crippen LogP contribution in [0.15, 0.2) is 0 Å². The van der Waals surface area contributed by atoms with Gasteiger partial charge in [-0.1, -0.05) is 6.42 Å². The average molecular weight is 506 g/mol. The van der Waals surface area contributed by atoms with Crippen molar-refractivity contribution < 1.29 is 52.2 Å². The Hall–Kier alpha value is -2.31. The number of nitrogens with zero attached hydrogens (tertiary/aromatic N) is 2. The Morgan fingerprint density at radius 3 is 2.18 bits per heavy atom. The van der Waals surface area contributed by atoms with E-state index in [0.717, 1.165) is 8.61 Å². The number of hydrogen-bond donors (Lipinski definition) is 5. The zero-order valence-electron chi connectivity index (χ0n) is 18.2. The molecular weight excluding hydrogens is 479 g/mol. The van der Waals surface area contributed by atoms with E-state index in [1.165, 1.54) is 0 Å². The van der Waals surface area contributed by atoms with Gasteiger partial charge in [0.2, 0.25) is 0 Å². The predicted molar refractivity (Wildman–Crippen MR) is 112 cm³/mol. The molecule has 3 aliphatic rings. The molecule has 17 heteroatoms. The van der Waals surface area contributed by atoms with Gasteiger partial charge >= 0.3 is 31.0 Å². The van der Waals surface area contributed by atoms with Crippen LogP contribution in [0.2, 0.25) is 6.32 Å². The fraction of sp³-hybridized carbons (Fsp3) is 0.765. The summed E-state index contributed by atoms with van der Waals surface area (Å²) >= 11 is 0. The summed E-state index contributed by atoms with van der Waals surface area (Å²) in [6.07, 6.45) is -1.46. The van der Waals surface area contributed by atoms with Crippen LogP contribution in [0.3, 0.4) is 0 Å². The van der Waals surface area contributed by atoms with Crippen molar-refractivity contribution in [2.45, 2.75) is 49.2 Å². The van der Waals surface area contributed by atoms with Gasteiger partial charge in [0.15, 0.2) is 5.60 Å². The molecule has 3 heterocycles. The lowest BCUT2D eigenvalue weighted by Crippen LogP contribution is -2.61. The molecule has 0 aromatic carbocycles. The summed E-state index contributed by atoms with van der Waals surface area (Å²) in [5.74, 6) is -6.12. The van der Waals surface area contributed by atoms with Gasteiger partial charge in [0.1, 0.15) is 5.54 Å². The van der Waals surface area contributed by atoms with Crippen molar-refractivity contribution in [1.82, 2.24) is 8.61 Å². The van der Waals surface area contributed by atoms with E-state index < -0.39 is 77.6 Å². The third kappa shape index (κ3) is 5.03. The molecule has 190 valence electrons. The van der Waals surface area contributed by atoms with E-state index in [9.17, 15) is 32.7 Å². The van der Waals surface area contributed by atoms with E-state index >= 15 is 0 Å². The molecule has 3 rings (SSSR count). The van der Waals surface area contributed by atoms with Crippen molar-refractivity contribution >= 4 is 41.2 Å². The molecule has 0 amide bonds. The predicted octanol–water partition coefficient (Wildman–Crippen LogP) is -2.88. The van der Waals surface area contributed by atoms with Gasteiger partial charge in [-0.3, -0.25) is 19.2 Å². The van der Waals surface area contributed by atoms with E-state index in [4.69, 9.17) is 31.0 Å². The largest absolute Gasteiger partial charge is 0.528 e. The summed E-state index contributed by atoms with van der Waals surface area (Å²) < 4.78 is 38.1. The van der Waals surface area contributed by atoms with Gasteiger partial charge in [0, 0.05) is 38.1 Å². The van der Waals surface area contributed by atoms with Crippen molar-refractivity contribution in [2.24, 2.45) is 17.4 Å². The normalized spacial score (nSPS) is 28.0. The summed E-state index contributed by atoms with van der Waals surface area (Å²) in [6, 6.07) is -0.279. The second-order valence-electron chi connectivity index (χ2n) is 8.94. The van der Waals surface area contributed by atoms with Crippen LogP contribution in [0.5, 0.6) is 0 Å². The lowest BCUT2D eigenvalue weighted by molar-refractivity contribution is -0.157. The summed E-state index contributed by atoms with van der Waals surface area (Å²) in [5, 5.41) is 27.7. The molecule has 0 bridgehead atoms. The number of hydrogen-bond acceptors (Lipinski definition) is 10. The Bertz CT molecular complexity index is 957. The maximum Gasteiger partial charge on any atom is 0.528 e. The number of carbonyl (C=O) groups is 4. The van der Waals surface area contributed by atoms with Gasteiger partial charge < -0.3 is 36.1 Å². The van der Waals surface area contributed by atoms with Crippen LogP contribution in [0.1, 0.15) is 25.7 Å². The van der Waals surface area contributed by atoms with Crippen LogP contribution >= 0.6 is 0 Å². The van der Waals surface area contributed by atoms with Gasteiger partial charge in [-0.25, -0.2) is 0 Å². The maximum absolute atomic E-state index is 12.8. The molecule has 0 aliphatic carbocycles. The number of aliphatic carboxylic acids is 3. The fourth-order valence-electron chi connectivity index (χ4n) is 4.46. The minimum atomic E-state index is -3.92. The summed E-state index contributed by atoms with van der Waals surface area (Å²) in [6.45, 7) is -0.291. The Balaban J connectivity index is 1.63. The molecule has 7 N–H and O–H groups in total. The van der Waals surface area contributed by atoms with Crippen LogP contribution in [0, 0.1) is 5.92 Å². The van der Waals surface area contributed by atoms with Crippen molar-refractivity contribution in [2.75, 3.05) is 26.2 Å². The number of carbonyl (C=O) groups excluding carboxylic acids is 1. The SMILES string of the molecule is NC1CN(S(=O)(=O)N2C[C@H](CCCB3OC(=O)C(CC(=O)O)(CC(=O)O)O3)[C@](N)(C(=O)O)C2)C1. The molecule has 3 fully saturated rings. The first-order valence-electron chi connectivity index (χ1n) is 10.6. The Morgan fingerprint density at radius 2 is 1.68 bits per heavy atom. The Morgan fingerprint density at radius 1 is 1.09 bits per heavy atom. The smallest absolute Gasteiger partial charge is 0.507 e. The molecule has 0 aromatic rings. The molecule has 0 aromatic heterocycles. The second kappa shape index (κ2) is 9.39. The third-order valence-electron chi connectivity index (χ3n) is 6.35. The molecule has 0 saturated carbocycles. The zero-order chi connectivity index (χ0) is 25.5. The number of carboxylic acid groups (broad SMARTS) is 3. The van der Waals surface area contributed by atoms with Crippen molar-refractivity contribution in [3.8, 4) is 0 Å². The van der Waals surface area contributed by atoms with E-state index in [1.807, 2.05) is 0 Å². The third-order valence-corrected chi connectivity index (χ3v) is 8.23. The van der Waals surface area contributed by atoms with Gasteiger partial charge in [0.25, 0.3) is 10.2 Å². The molecule has 0 spiro atoms. The van der Waals surface area contributed by atoms with Gasteiger partial charge in [0.05, 0.1) is 12.8 Å². The van der Waals surface area contributed by atoms with Crippen LogP contribution in [0.4, 0.5) is 0 Å². The Kier molecular flexibility index (Phi) is 7.26. The van der Waals surface area contributed by atoms with E-state index in [2.05, 4.69) is 0 Å². The molecule has 2 atom stereocenters. The highest BCUT2D eigenvalue weighted by molar-refractivity contribution is 7.86. The minimum Gasteiger partial charge on any atom is -0.507 e. The first-order chi connectivity index (χ1) is 15.7. The summed E-state index contributed by atoms with van der Waals surface area (Å²) in [4.78, 5) is 46.3. The van der Waals surface area contributed by atoms with Gasteiger partial charge in [-0.2, -0.15) is 17.0 Å². The molecule has 3 saturated heterocycles. The molecule has 0 unspecified atom stereocenters. The van der Waals surface area contributed by atoms with Gasteiger partial charge in [-0.15, -0.1) is 0 Å². The standard InChI is InChI=1S/C17H27BN4O11S/c19-11-7-21(8-11)34(30,31)22-6-10(17(20,9-22)14(27)28)2-1-3-18-32-15(29)16(33-18,4-12(23)24)5-13(25)26/h10-11H,1-9,19-20H2,(H,23,24)(H,25,26)(H,27,28)/t10-,17-/m0/s1. The number of carboxylic acids is 3. The summed E-state index contributed by atoms with van der Waals surface area (Å²) in [7, 11) is -5.15. The molecular formula is C17H27BN4O11S. The quantitative estimate of drug-likeness (QED) is 0.177.